The van der Waals surface area contributed by atoms with Gasteiger partial charge in [-0.25, -0.2) is 4.39 Å². The zero-order chi connectivity index (χ0) is 16.0. The number of oxime groups is 1. The minimum absolute atomic E-state index is 0.0616. The molecule has 0 bridgehead atoms. The maximum absolute atomic E-state index is 12.7. The quantitative estimate of drug-likeness (QED) is 0.431. The van der Waals surface area contributed by atoms with Gasteiger partial charge in [-0.05, 0) is 20.8 Å². The van der Waals surface area contributed by atoms with Crippen molar-refractivity contribution in [3.8, 4) is 0 Å². The molecule has 0 fully saturated rings. The lowest BCUT2D eigenvalue weighted by Crippen LogP contribution is -2.07. The smallest absolute Gasteiger partial charge is 0.302 e. The number of aryl methyl sites for hydroxylation is 1. The zero-order valence-corrected chi connectivity index (χ0v) is 13.4. The Morgan fingerprint density at radius 3 is 2.71 bits per heavy atom. The van der Waals surface area contributed by atoms with Crippen LogP contribution in [0.25, 0.3) is 0 Å². The van der Waals surface area contributed by atoms with Gasteiger partial charge in [0.2, 0.25) is 0 Å². The molecule has 0 aliphatic carbocycles. The van der Waals surface area contributed by atoms with Crippen molar-refractivity contribution in [2.75, 3.05) is 5.75 Å². The normalized spacial score (nSPS) is 13.0. The first-order valence-corrected chi connectivity index (χ1v) is 8.19. The van der Waals surface area contributed by atoms with Crippen LogP contribution in [0.2, 0.25) is 0 Å². The number of thiazole rings is 1. The van der Waals surface area contributed by atoms with Crippen molar-refractivity contribution in [1.29, 1.82) is 0 Å². The number of nitrogens with zero attached hydrogens (tertiary/aromatic N) is 2. The maximum atomic E-state index is 12.7. The number of halogens is 3. The average Bonchev–Trinajstić information content (AvgIpc) is 2.76. The number of aromatic nitrogens is 1. The summed E-state index contributed by atoms with van der Waals surface area (Å²) in [5.74, 6) is -1.78. The first-order chi connectivity index (χ1) is 9.81. The van der Waals surface area contributed by atoms with Crippen LogP contribution in [0.15, 0.2) is 21.4 Å². The molecular weight excluding hydrogens is 325 g/mol. The second-order valence-corrected chi connectivity index (χ2v) is 7.06. The highest BCUT2D eigenvalue weighted by Gasteiger charge is 2.20. The highest BCUT2D eigenvalue weighted by atomic mass is 32.2. The standard InChI is InChI=1S/C12H15F3N2O2S2/c1-7(2)19-16-6-10-8(3)17-12(20-10)21(18)5-4-9(13)11(14)15/h6-7H,4-5H2,1-3H3/b16-6+. The van der Waals surface area contributed by atoms with Gasteiger partial charge in [0.25, 0.3) is 0 Å². The van der Waals surface area contributed by atoms with Crippen molar-refractivity contribution in [2.45, 2.75) is 37.6 Å². The van der Waals surface area contributed by atoms with Gasteiger partial charge in [-0.2, -0.15) is 13.8 Å². The molecule has 0 spiro atoms. The molecule has 0 saturated heterocycles. The van der Waals surface area contributed by atoms with Gasteiger partial charge >= 0.3 is 10.4 Å². The Kier molecular flexibility index (Phi) is 7.20. The van der Waals surface area contributed by atoms with E-state index < -0.39 is 29.5 Å². The van der Waals surface area contributed by atoms with E-state index in [2.05, 4.69) is 10.1 Å². The molecule has 0 saturated carbocycles. The van der Waals surface area contributed by atoms with Crippen molar-refractivity contribution < 1.29 is 22.6 Å². The third-order valence-corrected chi connectivity index (χ3v) is 4.91. The maximum Gasteiger partial charge on any atom is 0.302 e. The fraction of sp³-hybridized carbons (Fsp3) is 0.500. The molecule has 0 amide bonds. The molecule has 0 aliphatic rings. The van der Waals surface area contributed by atoms with Crippen LogP contribution in [-0.4, -0.2) is 27.6 Å². The SMILES string of the molecule is Cc1nc([S+]([O-])CCC(F)=C(F)F)sc1/C=N/OC(C)C. The Morgan fingerprint density at radius 2 is 2.14 bits per heavy atom. The minimum atomic E-state index is -2.37. The van der Waals surface area contributed by atoms with Crippen LogP contribution in [0.1, 0.15) is 30.8 Å². The summed E-state index contributed by atoms with van der Waals surface area (Å²) in [5.41, 5.74) is 0.604. The molecule has 1 heterocycles. The monoisotopic (exact) mass is 340 g/mol. The Bertz CT molecular complexity index is 529. The zero-order valence-electron chi connectivity index (χ0n) is 11.7. The highest BCUT2D eigenvalue weighted by Crippen LogP contribution is 2.24. The van der Waals surface area contributed by atoms with E-state index in [9.17, 15) is 17.7 Å². The summed E-state index contributed by atoms with van der Waals surface area (Å²) in [6, 6.07) is 0. The third kappa shape index (κ3) is 6.06. The Hall–Kier alpha value is -1.06. The van der Waals surface area contributed by atoms with E-state index in [1.165, 1.54) is 6.21 Å². The molecule has 0 N–H and O–H groups in total. The second kappa shape index (κ2) is 8.40. The summed E-state index contributed by atoms with van der Waals surface area (Å²) in [5, 5.41) is 3.75. The summed E-state index contributed by atoms with van der Waals surface area (Å²) in [6.45, 7) is 5.35. The molecular formula is C12H15F3N2O2S2. The van der Waals surface area contributed by atoms with Crippen molar-refractivity contribution in [1.82, 2.24) is 4.98 Å². The van der Waals surface area contributed by atoms with Crippen LogP contribution in [0.5, 0.6) is 0 Å². The predicted molar refractivity (Wildman–Crippen MR) is 76.9 cm³/mol. The van der Waals surface area contributed by atoms with Gasteiger partial charge in [0.05, 0.1) is 23.2 Å². The van der Waals surface area contributed by atoms with Crippen LogP contribution in [-0.2, 0) is 16.0 Å². The lowest BCUT2D eigenvalue weighted by atomic mass is 10.4. The van der Waals surface area contributed by atoms with E-state index in [0.29, 0.717) is 10.6 Å². The number of hydrogen-bond acceptors (Lipinski definition) is 5. The highest BCUT2D eigenvalue weighted by molar-refractivity contribution is 7.93. The molecule has 0 radical (unpaired) electrons. The van der Waals surface area contributed by atoms with Gasteiger partial charge in [0.15, 0.2) is 5.83 Å². The first kappa shape index (κ1) is 18.0. The summed E-state index contributed by atoms with van der Waals surface area (Å²) >= 11 is -0.514. The molecule has 1 aromatic rings. The molecule has 118 valence electrons. The summed E-state index contributed by atoms with van der Waals surface area (Å²) in [4.78, 5) is 9.74. The molecule has 21 heavy (non-hydrogen) atoms. The molecule has 1 atom stereocenters. The van der Waals surface area contributed by atoms with E-state index >= 15 is 0 Å². The van der Waals surface area contributed by atoms with Gasteiger partial charge in [0.1, 0.15) is 11.9 Å². The third-order valence-electron chi connectivity index (χ3n) is 2.16. The van der Waals surface area contributed by atoms with Crippen LogP contribution in [0, 0.1) is 6.92 Å². The number of rotatable bonds is 7. The second-order valence-electron chi connectivity index (χ2n) is 4.28. The van der Waals surface area contributed by atoms with Gasteiger partial charge in [-0.3, -0.25) is 0 Å². The van der Waals surface area contributed by atoms with Crippen molar-refractivity contribution in [3.05, 3.63) is 22.5 Å². The number of allylic oxidation sites excluding steroid dienone is 1. The van der Waals surface area contributed by atoms with Gasteiger partial charge in [-0.1, -0.05) is 16.5 Å². The Morgan fingerprint density at radius 1 is 1.48 bits per heavy atom. The lowest BCUT2D eigenvalue weighted by molar-refractivity contribution is 0.0874. The lowest BCUT2D eigenvalue weighted by Gasteiger charge is -2.04. The van der Waals surface area contributed by atoms with Gasteiger partial charge in [0, 0.05) is 11.2 Å². The number of hydrogen-bond donors (Lipinski definition) is 0. The minimum Gasteiger partial charge on any atom is -0.610 e. The summed E-state index contributed by atoms with van der Waals surface area (Å²) < 4.78 is 48.6. The Balaban J connectivity index is 2.68. The molecule has 9 heteroatoms. The van der Waals surface area contributed by atoms with Crippen LogP contribution in [0.4, 0.5) is 13.2 Å². The van der Waals surface area contributed by atoms with Crippen LogP contribution < -0.4 is 0 Å². The Labute approximate surface area is 127 Å². The van der Waals surface area contributed by atoms with Crippen molar-refractivity contribution in [2.24, 2.45) is 5.16 Å². The largest absolute Gasteiger partial charge is 0.610 e. The molecule has 1 unspecified atom stereocenters. The summed E-state index contributed by atoms with van der Waals surface area (Å²) in [6.07, 6.45) is -1.56. The van der Waals surface area contributed by atoms with Crippen molar-refractivity contribution in [3.63, 3.8) is 0 Å². The fourth-order valence-corrected chi connectivity index (χ4v) is 3.49. The molecule has 0 aliphatic heterocycles. The van der Waals surface area contributed by atoms with E-state index in [1.807, 2.05) is 13.8 Å². The van der Waals surface area contributed by atoms with E-state index in [4.69, 9.17) is 4.84 Å². The summed E-state index contributed by atoms with van der Waals surface area (Å²) in [7, 11) is 0. The van der Waals surface area contributed by atoms with E-state index in [-0.39, 0.29) is 16.2 Å². The fourth-order valence-electron chi connectivity index (χ4n) is 1.16. The molecule has 0 aromatic carbocycles. The molecule has 1 rings (SSSR count). The van der Waals surface area contributed by atoms with Gasteiger partial charge in [-0.15, -0.1) is 0 Å². The predicted octanol–water partition coefficient (Wildman–Crippen LogP) is 3.79. The van der Waals surface area contributed by atoms with E-state index in [1.54, 1.807) is 6.92 Å². The van der Waals surface area contributed by atoms with E-state index in [0.717, 1.165) is 11.3 Å². The molecule has 4 nitrogen and oxygen atoms in total. The molecule has 1 aromatic heterocycles. The first-order valence-electron chi connectivity index (χ1n) is 6.06. The topological polar surface area (TPSA) is 57.5 Å². The van der Waals surface area contributed by atoms with Crippen molar-refractivity contribution >= 4 is 28.7 Å². The van der Waals surface area contributed by atoms with Gasteiger partial charge < -0.3 is 9.39 Å². The average molecular weight is 340 g/mol. The van der Waals surface area contributed by atoms with Crippen LogP contribution in [0.3, 0.4) is 0 Å². The van der Waals surface area contributed by atoms with Crippen LogP contribution >= 0.6 is 11.3 Å².